The number of rotatable bonds is 4. The van der Waals surface area contributed by atoms with Crippen LogP contribution in [0, 0.1) is 27.7 Å². The van der Waals surface area contributed by atoms with E-state index in [9.17, 15) is 0 Å². The maximum Gasteiger partial charge on any atom is 0.137 e. The second-order valence-electron chi connectivity index (χ2n) is 5.22. The van der Waals surface area contributed by atoms with E-state index < -0.39 is 0 Å². The molecule has 0 amide bonds. The summed E-state index contributed by atoms with van der Waals surface area (Å²) in [6.45, 7) is 10.1. The van der Waals surface area contributed by atoms with E-state index in [1.54, 1.807) is 11.3 Å². The van der Waals surface area contributed by atoms with Gasteiger partial charge in [-0.05, 0) is 46.2 Å². The Labute approximate surface area is 134 Å². The lowest BCUT2D eigenvalue weighted by Gasteiger charge is -2.18. The van der Waals surface area contributed by atoms with E-state index in [2.05, 4.69) is 22.2 Å². The van der Waals surface area contributed by atoms with Crippen LogP contribution in [0.5, 0.6) is 0 Å². The van der Waals surface area contributed by atoms with E-state index in [-0.39, 0.29) is 6.04 Å². The van der Waals surface area contributed by atoms with Gasteiger partial charge in [-0.25, -0.2) is 9.97 Å². The van der Waals surface area contributed by atoms with Crippen LogP contribution < -0.4 is 11.1 Å². The van der Waals surface area contributed by atoms with Gasteiger partial charge in [0, 0.05) is 10.6 Å². The number of hydrogen-bond acceptors (Lipinski definition) is 5. The minimum Gasteiger partial charge on any atom is -0.389 e. The second kappa shape index (κ2) is 6.07. The van der Waals surface area contributed by atoms with Crippen molar-refractivity contribution < 1.29 is 0 Å². The molecule has 112 valence electrons. The molecule has 1 atom stereocenters. The van der Waals surface area contributed by atoms with Crippen LogP contribution in [-0.2, 0) is 0 Å². The summed E-state index contributed by atoms with van der Waals surface area (Å²) in [4.78, 5) is 10.6. The van der Waals surface area contributed by atoms with Crippen LogP contribution in [0.25, 0.3) is 0 Å². The third-order valence-corrected chi connectivity index (χ3v) is 4.74. The molecule has 1 unspecified atom stereocenters. The third-order valence-electron chi connectivity index (χ3n) is 3.28. The van der Waals surface area contributed by atoms with Crippen molar-refractivity contribution in [2.24, 2.45) is 5.73 Å². The van der Waals surface area contributed by atoms with Gasteiger partial charge in [-0.2, -0.15) is 0 Å². The van der Waals surface area contributed by atoms with Gasteiger partial charge < -0.3 is 11.1 Å². The number of nitrogens with one attached hydrogen (secondary N) is 1. The van der Waals surface area contributed by atoms with Gasteiger partial charge in [0.2, 0.25) is 0 Å². The Morgan fingerprint density at radius 1 is 1.29 bits per heavy atom. The van der Waals surface area contributed by atoms with Crippen molar-refractivity contribution in [2.45, 2.75) is 40.7 Å². The van der Waals surface area contributed by atoms with Gasteiger partial charge in [-0.15, -0.1) is 11.3 Å². The van der Waals surface area contributed by atoms with Crippen molar-refractivity contribution in [3.8, 4) is 0 Å². The minimum atomic E-state index is 0.109. The topological polar surface area (TPSA) is 63.8 Å². The zero-order valence-corrected chi connectivity index (χ0v) is 14.6. The van der Waals surface area contributed by atoms with E-state index >= 15 is 0 Å². The maximum atomic E-state index is 5.86. The van der Waals surface area contributed by atoms with Crippen molar-refractivity contribution in [1.82, 2.24) is 9.97 Å². The minimum absolute atomic E-state index is 0.109. The predicted molar refractivity (Wildman–Crippen MR) is 93.2 cm³/mol. The Balaban J connectivity index is 2.39. The van der Waals surface area contributed by atoms with Gasteiger partial charge in [0.1, 0.15) is 10.8 Å². The Morgan fingerprint density at radius 3 is 2.48 bits per heavy atom. The second-order valence-corrected chi connectivity index (χ2v) is 6.89. The summed E-state index contributed by atoms with van der Waals surface area (Å²) in [5.41, 5.74) is 9.72. The van der Waals surface area contributed by atoms with Crippen LogP contribution in [0.3, 0.4) is 0 Å². The van der Waals surface area contributed by atoms with E-state index in [1.165, 1.54) is 4.88 Å². The van der Waals surface area contributed by atoms with Gasteiger partial charge in [0.15, 0.2) is 0 Å². The monoisotopic (exact) mass is 320 g/mol. The lowest BCUT2D eigenvalue weighted by molar-refractivity contribution is 0.876. The first-order valence-electron chi connectivity index (χ1n) is 6.78. The van der Waals surface area contributed by atoms with E-state index in [1.807, 2.05) is 33.8 Å². The highest BCUT2D eigenvalue weighted by Gasteiger charge is 2.17. The van der Waals surface area contributed by atoms with Crippen molar-refractivity contribution in [1.29, 1.82) is 0 Å². The molecule has 2 heterocycles. The Kier molecular flexibility index (Phi) is 4.58. The Morgan fingerprint density at radius 2 is 1.95 bits per heavy atom. The number of thiazole rings is 1. The molecule has 0 fully saturated rings. The Bertz CT molecular complexity index is 691. The summed E-state index contributed by atoms with van der Waals surface area (Å²) in [6, 6.07) is 2.10. The molecule has 0 radical (unpaired) electrons. The predicted octanol–water partition coefficient (Wildman–Crippen LogP) is 3.58. The molecule has 3 N–H and O–H groups in total. The molecule has 0 bridgehead atoms. The molecular weight excluding hydrogens is 300 g/mol. The standard InChI is InChI=1S/C15H20N4S2/c1-7-6-8(2)17-15(12(7)14(16)20)19-10(4)13-9(3)18-11(5)21-13/h6,10H,1-5H3,(H2,16,20)(H,17,19). The number of nitrogens with zero attached hydrogens (tertiary/aromatic N) is 2. The largest absolute Gasteiger partial charge is 0.389 e. The third kappa shape index (κ3) is 3.39. The number of pyridine rings is 1. The van der Waals surface area contributed by atoms with Crippen LogP contribution in [0.15, 0.2) is 6.07 Å². The number of thiocarbonyl (C=S) groups is 1. The molecule has 0 spiro atoms. The van der Waals surface area contributed by atoms with Gasteiger partial charge in [0.25, 0.3) is 0 Å². The lowest BCUT2D eigenvalue weighted by atomic mass is 10.1. The van der Waals surface area contributed by atoms with Crippen molar-refractivity contribution in [2.75, 3.05) is 5.32 Å². The van der Waals surface area contributed by atoms with E-state index in [4.69, 9.17) is 18.0 Å². The zero-order valence-electron chi connectivity index (χ0n) is 12.9. The first-order chi connectivity index (χ1) is 9.79. The summed E-state index contributed by atoms with van der Waals surface area (Å²) in [6.07, 6.45) is 0. The highest BCUT2D eigenvalue weighted by atomic mass is 32.1. The molecule has 21 heavy (non-hydrogen) atoms. The molecule has 0 saturated heterocycles. The van der Waals surface area contributed by atoms with Crippen LogP contribution in [-0.4, -0.2) is 15.0 Å². The van der Waals surface area contributed by atoms with Crippen molar-refractivity contribution in [3.05, 3.63) is 38.5 Å². The molecule has 0 saturated carbocycles. The van der Waals surface area contributed by atoms with Gasteiger partial charge in [-0.1, -0.05) is 12.2 Å². The average Bonchev–Trinajstić information content (AvgIpc) is 2.66. The quantitative estimate of drug-likeness (QED) is 0.843. The molecule has 0 aromatic carbocycles. The number of aryl methyl sites for hydroxylation is 4. The molecule has 2 rings (SSSR count). The first kappa shape index (κ1) is 15.9. The molecular formula is C15H20N4S2. The fourth-order valence-corrected chi connectivity index (χ4v) is 3.66. The fraction of sp³-hybridized carbons (Fsp3) is 0.400. The van der Waals surface area contributed by atoms with Crippen LogP contribution >= 0.6 is 23.6 Å². The summed E-state index contributed by atoms with van der Waals surface area (Å²) in [7, 11) is 0. The number of aromatic nitrogens is 2. The first-order valence-corrected chi connectivity index (χ1v) is 8.00. The molecule has 4 nitrogen and oxygen atoms in total. The summed E-state index contributed by atoms with van der Waals surface area (Å²) < 4.78 is 0. The smallest absolute Gasteiger partial charge is 0.137 e. The summed E-state index contributed by atoms with van der Waals surface area (Å²) in [5, 5.41) is 4.50. The highest BCUT2D eigenvalue weighted by molar-refractivity contribution is 7.80. The summed E-state index contributed by atoms with van der Waals surface area (Å²) >= 11 is 6.87. The van der Waals surface area contributed by atoms with Gasteiger partial charge in [-0.3, -0.25) is 0 Å². The molecule has 0 aliphatic carbocycles. The molecule has 0 aliphatic heterocycles. The van der Waals surface area contributed by atoms with Crippen molar-refractivity contribution in [3.63, 3.8) is 0 Å². The fourth-order valence-electron chi connectivity index (χ4n) is 2.47. The number of nitrogens with two attached hydrogens (primary N) is 1. The molecule has 2 aromatic heterocycles. The van der Waals surface area contributed by atoms with Gasteiger partial charge >= 0.3 is 0 Å². The number of anilines is 1. The molecule has 6 heteroatoms. The Hall–Kier alpha value is -1.53. The lowest BCUT2D eigenvalue weighted by Crippen LogP contribution is -2.18. The molecule has 0 aliphatic rings. The van der Waals surface area contributed by atoms with Gasteiger partial charge in [0.05, 0.1) is 22.3 Å². The van der Waals surface area contributed by atoms with Crippen molar-refractivity contribution >= 4 is 34.4 Å². The SMILES string of the molecule is Cc1cc(C)c(C(N)=S)c(NC(C)c2sc(C)nc2C)n1. The number of hydrogen-bond donors (Lipinski definition) is 2. The van der Waals surface area contributed by atoms with E-state index in [0.29, 0.717) is 4.99 Å². The van der Waals surface area contributed by atoms with Crippen LogP contribution in [0.4, 0.5) is 5.82 Å². The zero-order chi connectivity index (χ0) is 15.7. The average molecular weight is 320 g/mol. The van der Waals surface area contributed by atoms with Crippen LogP contribution in [0.2, 0.25) is 0 Å². The van der Waals surface area contributed by atoms with Crippen LogP contribution in [0.1, 0.15) is 45.4 Å². The normalized spacial score (nSPS) is 12.2. The van der Waals surface area contributed by atoms with E-state index in [0.717, 1.165) is 33.3 Å². The maximum absolute atomic E-state index is 5.86. The summed E-state index contributed by atoms with van der Waals surface area (Å²) in [5.74, 6) is 0.748. The molecule has 2 aromatic rings. The highest BCUT2D eigenvalue weighted by Crippen LogP contribution is 2.29.